The van der Waals surface area contributed by atoms with E-state index in [1.54, 1.807) is 14.2 Å². The average Bonchev–Trinajstić information content (AvgIpc) is 2.50. The summed E-state index contributed by atoms with van der Waals surface area (Å²) >= 11 is 0. The Morgan fingerprint density at radius 2 is 2.00 bits per heavy atom. The summed E-state index contributed by atoms with van der Waals surface area (Å²) in [5.41, 5.74) is 1.07. The number of benzene rings is 1. The maximum Gasteiger partial charge on any atom is 0.165 e. The molecule has 21 heavy (non-hydrogen) atoms. The van der Waals surface area contributed by atoms with Gasteiger partial charge in [-0.1, -0.05) is 12.1 Å². The third-order valence-electron chi connectivity index (χ3n) is 3.02. The molecule has 0 bridgehead atoms. The van der Waals surface area contributed by atoms with E-state index in [1.165, 1.54) is 0 Å². The van der Waals surface area contributed by atoms with Crippen LogP contribution >= 0.6 is 0 Å². The quantitative estimate of drug-likeness (QED) is 0.635. The van der Waals surface area contributed by atoms with E-state index in [4.69, 9.17) is 18.9 Å². The molecule has 1 aromatic rings. The summed E-state index contributed by atoms with van der Waals surface area (Å²) in [7, 11) is 3.37. The van der Waals surface area contributed by atoms with Crippen LogP contribution in [-0.4, -0.2) is 46.7 Å². The van der Waals surface area contributed by atoms with Crippen LogP contribution in [0, 0.1) is 0 Å². The van der Waals surface area contributed by atoms with Crippen molar-refractivity contribution >= 4 is 0 Å². The van der Waals surface area contributed by atoms with Gasteiger partial charge in [-0.25, -0.2) is 0 Å². The molecule has 0 saturated heterocycles. The predicted octanol–water partition coefficient (Wildman–Crippen LogP) is 2.24. The second-order valence-electron chi connectivity index (χ2n) is 4.70. The lowest BCUT2D eigenvalue weighted by Crippen LogP contribution is -2.21. The fraction of sp³-hybridized carbons (Fsp3) is 0.625. The van der Waals surface area contributed by atoms with Crippen LogP contribution in [0.4, 0.5) is 0 Å². The van der Waals surface area contributed by atoms with Crippen molar-refractivity contribution in [3.63, 3.8) is 0 Å². The van der Waals surface area contributed by atoms with Gasteiger partial charge in [-0.05, 0) is 19.9 Å². The summed E-state index contributed by atoms with van der Waals surface area (Å²) in [6.07, 6.45) is 0.0361. The Morgan fingerprint density at radius 1 is 1.19 bits per heavy atom. The largest absolute Gasteiger partial charge is 0.490 e. The van der Waals surface area contributed by atoms with Crippen LogP contribution in [0.15, 0.2) is 18.2 Å². The molecule has 0 saturated carbocycles. The van der Waals surface area contributed by atoms with Gasteiger partial charge in [-0.2, -0.15) is 0 Å². The molecule has 0 heterocycles. The van der Waals surface area contributed by atoms with Crippen molar-refractivity contribution in [3.8, 4) is 11.5 Å². The van der Waals surface area contributed by atoms with Crippen LogP contribution in [0.1, 0.15) is 19.4 Å². The predicted molar refractivity (Wildman–Crippen MR) is 83.2 cm³/mol. The minimum absolute atomic E-state index is 0.0361. The van der Waals surface area contributed by atoms with Crippen LogP contribution in [0.3, 0.4) is 0 Å². The van der Waals surface area contributed by atoms with Gasteiger partial charge in [-0.3, -0.25) is 0 Å². The van der Waals surface area contributed by atoms with Crippen LogP contribution in [-0.2, 0) is 16.0 Å². The highest BCUT2D eigenvalue weighted by Crippen LogP contribution is 2.31. The van der Waals surface area contributed by atoms with Gasteiger partial charge in [0.05, 0.1) is 19.3 Å². The summed E-state index contributed by atoms with van der Waals surface area (Å²) < 4.78 is 21.8. The van der Waals surface area contributed by atoms with Crippen molar-refractivity contribution < 1.29 is 18.9 Å². The minimum atomic E-state index is 0.0361. The smallest absolute Gasteiger partial charge is 0.165 e. The Labute approximate surface area is 127 Å². The fourth-order valence-corrected chi connectivity index (χ4v) is 1.80. The lowest BCUT2D eigenvalue weighted by Gasteiger charge is -2.18. The molecule has 0 aromatic heterocycles. The van der Waals surface area contributed by atoms with Crippen molar-refractivity contribution in [2.45, 2.75) is 26.5 Å². The number of methoxy groups -OCH3 is 2. The molecule has 0 aliphatic heterocycles. The number of ether oxygens (including phenoxy) is 4. The lowest BCUT2D eigenvalue weighted by atomic mass is 10.2. The van der Waals surface area contributed by atoms with Crippen LogP contribution in [0.2, 0.25) is 0 Å². The van der Waals surface area contributed by atoms with E-state index in [1.807, 2.05) is 32.0 Å². The average molecular weight is 297 g/mol. The van der Waals surface area contributed by atoms with E-state index >= 15 is 0 Å². The van der Waals surface area contributed by atoms with Crippen molar-refractivity contribution in [2.75, 3.05) is 40.6 Å². The van der Waals surface area contributed by atoms with E-state index in [0.717, 1.165) is 23.6 Å². The van der Waals surface area contributed by atoms with Crippen molar-refractivity contribution in [2.24, 2.45) is 0 Å². The first-order chi connectivity index (χ1) is 10.2. The summed E-state index contributed by atoms with van der Waals surface area (Å²) in [6.45, 7) is 7.22. The summed E-state index contributed by atoms with van der Waals surface area (Å²) in [6, 6.07) is 5.94. The number of rotatable bonds is 11. The molecule has 120 valence electrons. The number of hydrogen-bond donors (Lipinski definition) is 1. The van der Waals surface area contributed by atoms with E-state index in [0.29, 0.717) is 26.4 Å². The number of hydrogen-bond acceptors (Lipinski definition) is 5. The Morgan fingerprint density at radius 3 is 2.67 bits per heavy atom. The normalized spacial score (nSPS) is 12.2. The molecule has 1 N–H and O–H groups in total. The Bertz CT molecular complexity index is 398. The zero-order valence-electron chi connectivity index (χ0n) is 13.5. The highest BCUT2D eigenvalue weighted by atomic mass is 16.5. The van der Waals surface area contributed by atoms with E-state index < -0.39 is 0 Å². The van der Waals surface area contributed by atoms with Gasteiger partial charge in [0.15, 0.2) is 11.5 Å². The van der Waals surface area contributed by atoms with E-state index in [9.17, 15) is 0 Å². The molecule has 1 unspecified atom stereocenters. The fourth-order valence-electron chi connectivity index (χ4n) is 1.80. The van der Waals surface area contributed by atoms with Crippen LogP contribution in [0.5, 0.6) is 11.5 Å². The number of para-hydroxylation sites is 1. The molecule has 0 fully saturated rings. The monoisotopic (exact) mass is 297 g/mol. The maximum absolute atomic E-state index is 5.91. The third kappa shape index (κ3) is 6.33. The molecule has 0 amide bonds. The molecule has 0 aliphatic rings. The molecule has 1 rings (SSSR count). The molecule has 0 aliphatic carbocycles. The van der Waals surface area contributed by atoms with Gasteiger partial charge in [0.1, 0.15) is 6.61 Å². The van der Waals surface area contributed by atoms with Gasteiger partial charge in [0.25, 0.3) is 0 Å². The number of nitrogens with one attached hydrogen (secondary N) is 1. The highest BCUT2D eigenvalue weighted by molar-refractivity contribution is 5.46. The molecule has 0 spiro atoms. The molecule has 1 aromatic carbocycles. The Hall–Kier alpha value is -1.30. The molecular weight excluding hydrogens is 270 g/mol. The van der Waals surface area contributed by atoms with Crippen LogP contribution < -0.4 is 14.8 Å². The Balaban J connectivity index is 2.76. The molecule has 1 atom stereocenters. The summed E-state index contributed by atoms with van der Waals surface area (Å²) in [4.78, 5) is 0. The minimum Gasteiger partial charge on any atom is -0.490 e. The Kier molecular flexibility index (Phi) is 8.82. The zero-order chi connectivity index (χ0) is 15.5. The molecule has 5 heteroatoms. The second-order valence-corrected chi connectivity index (χ2v) is 4.70. The second kappa shape index (κ2) is 10.4. The SMILES string of the molecule is CCOc1cccc(CNCCOC)c1OCC(C)OC. The van der Waals surface area contributed by atoms with E-state index in [-0.39, 0.29) is 6.10 Å². The van der Waals surface area contributed by atoms with Gasteiger partial charge < -0.3 is 24.3 Å². The van der Waals surface area contributed by atoms with Gasteiger partial charge >= 0.3 is 0 Å². The highest BCUT2D eigenvalue weighted by Gasteiger charge is 2.12. The first-order valence-corrected chi connectivity index (χ1v) is 7.32. The lowest BCUT2D eigenvalue weighted by molar-refractivity contribution is 0.0699. The first kappa shape index (κ1) is 17.8. The van der Waals surface area contributed by atoms with Crippen molar-refractivity contribution in [1.82, 2.24) is 5.32 Å². The molecule has 0 radical (unpaired) electrons. The van der Waals surface area contributed by atoms with Crippen molar-refractivity contribution in [3.05, 3.63) is 23.8 Å². The zero-order valence-corrected chi connectivity index (χ0v) is 13.5. The standard InChI is InChI=1S/C16H27NO4/c1-5-20-15-8-6-7-14(11-17-9-10-18-3)16(15)21-12-13(2)19-4/h6-8,13,17H,5,9-12H2,1-4H3. The van der Waals surface area contributed by atoms with Gasteiger partial charge in [-0.15, -0.1) is 0 Å². The van der Waals surface area contributed by atoms with Gasteiger partial charge in [0.2, 0.25) is 0 Å². The first-order valence-electron chi connectivity index (χ1n) is 7.32. The molecule has 5 nitrogen and oxygen atoms in total. The molecular formula is C16H27NO4. The topological polar surface area (TPSA) is 49.0 Å². The van der Waals surface area contributed by atoms with Crippen molar-refractivity contribution in [1.29, 1.82) is 0 Å². The maximum atomic E-state index is 5.91. The summed E-state index contributed by atoms with van der Waals surface area (Å²) in [5, 5.41) is 3.32. The summed E-state index contributed by atoms with van der Waals surface area (Å²) in [5.74, 6) is 1.56. The third-order valence-corrected chi connectivity index (χ3v) is 3.02. The van der Waals surface area contributed by atoms with Crippen LogP contribution in [0.25, 0.3) is 0 Å². The van der Waals surface area contributed by atoms with E-state index in [2.05, 4.69) is 5.32 Å². The van der Waals surface area contributed by atoms with Gasteiger partial charge in [0, 0.05) is 32.9 Å².